The second-order valence-corrected chi connectivity index (χ2v) is 5.98. The molecule has 0 saturated heterocycles. The number of hydrogen-bond acceptors (Lipinski definition) is 4. The molecule has 1 aliphatic carbocycles. The highest BCUT2D eigenvalue weighted by Crippen LogP contribution is 2.30. The molecule has 3 N–H and O–H groups in total. The van der Waals surface area contributed by atoms with E-state index in [0.29, 0.717) is 31.6 Å². The molecule has 1 fully saturated rings. The molecule has 0 aromatic heterocycles. The fraction of sp³-hybridized carbons (Fsp3) is 0.556. The Morgan fingerprint density at radius 1 is 1.24 bits per heavy atom. The second-order valence-electron chi connectivity index (χ2n) is 5.98. The van der Waals surface area contributed by atoms with E-state index in [1.165, 1.54) is 12.8 Å². The molecule has 0 bridgehead atoms. The highest BCUT2D eigenvalue weighted by Gasteiger charge is 2.22. The molecule has 0 unspecified atom stereocenters. The van der Waals surface area contributed by atoms with E-state index in [9.17, 15) is 4.79 Å². The summed E-state index contributed by atoms with van der Waals surface area (Å²) in [5.74, 6) is 2.08. The lowest BCUT2D eigenvalue weighted by Gasteiger charge is -2.14. The summed E-state index contributed by atoms with van der Waals surface area (Å²) in [7, 11) is 3.27. The zero-order valence-electron chi connectivity index (χ0n) is 15.0. The summed E-state index contributed by atoms with van der Waals surface area (Å²) in [5.41, 5.74) is 1.07. The number of carbonyl (C=O) groups is 1. The zero-order valence-corrected chi connectivity index (χ0v) is 15.0. The van der Waals surface area contributed by atoms with Gasteiger partial charge in [0.1, 0.15) is 5.75 Å². The predicted octanol–water partition coefficient (Wildman–Crippen LogP) is 0.903. The van der Waals surface area contributed by atoms with Crippen molar-refractivity contribution >= 4 is 11.9 Å². The third kappa shape index (κ3) is 7.43. The van der Waals surface area contributed by atoms with Crippen LogP contribution in [0, 0.1) is 5.92 Å². The standard InChI is InChI=1S/C18H28N4O3/c1-19-18(22-12-17(23)20-9-10-24-2)21-11-15-5-3-4-6-16(15)25-13-14-7-8-14/h3-6,14H,7-13H2,1-2H3,(H,20,23)(H2,19,21,22). The molecule has 0 aliphatic heterocycles. The molecule has 0 radical (unpaired) electrons. The third-order valence-electron chi connectivity index (χ3n) is 3.86. The lowest BCUT2D eigenvalue weighted by atomic mass is 10.2. The molecule has 1 amide bonds. The molecule has 0 atom stereocenters. The Kier molecular flexibility index (Phi) is 8.04. The summed E-state index contributed by atoms with van der Waals surface area (Å²) in [4.78, 5) is 15.8. The van der Waals surface area contributed by atoms with Crippen molar-refractivity contribution in [2.24, 2.45) is 10.9 Å². The first kappa shape index (κ1) is 19.1. The molecule has 7 nitrogen and oxygen atoms in total. The van der Waals surface area contributed by atoms with Crippen LogP contribution in [0.25, 0.3) is 0 Å². The molecule has 1 aliphatic rings. The molecular formula is C18H28N4O3. The summed E-state index contributed by atoms with van der Waals surface area (Å²) in [6.45, 7) is 2.51. The van der Waals surface area contributed by atoms with Gasteiger partial charge in [0.15, 0.2) is 5.96 Å². The van der Waals surface area contributed by atoms with Gasteiger partial charge in [0.2, 0.25) is 5.91 Å². The Labute approximate surface area is 149 Å². The van der Waals surface area contributed by atoms with E-state index in [2.05, 4.69) is 20.9 Å². The fourth-order valence-electron chi connectivity index (χ4n) is 2.20. The van der Waals surface area contributed by atoms with Gasteiger partial charge in [0.05, 0.1) is 19.8 Å². The monoisotopic (exact) mass is 348 g/mol. The number of nitrogens with zero attached hydrogens (tertiary/aromatic N) is 1. The van der Waals surface area contributed by atoms with Crippen LogP contribution in [0.4, 0.5) is 0 Å². The molecule has 7 heteroatoms. The number of ether oxygens (including phenoxy) is 2. The van der Waals surface area contributed by atoms with Gasteiger partial charge in [-0.1, -0.05) is 18.2 Å². The van der Waals surface area contributed by atoms with Gasteiger partial charge in [-0.15, -0.1) is 0 Å². The number of hydrogen-bond donors (Lipinski definition) is 3. The predicted molar refractivity (Wildman–Crippen MR) is 97.7 cm³/mol. The quantitative estimate of drug-likeness (QED) is 0.332. The minimum absolute atomic E-state index is 0.104. The molecule has 1 aromatic rings. The van der Waals surface area contributed by atoms with Crippen LogP contribution >= 0.6 is 0 Å². The van der Waals surface area contributed by atoms with E-state index < -0.39 is 0 Å². The smallest absolute Gasteiger partial charge is 0.239 e. The van der Waals surface area contributed by atoms with Crippen molar-refractivity contribution in [1.29, 1.82) is 0 Å². The van der Waals surface area contributed by atoms with Gasteiger partial charge in [0.25, 0.3) is 0 Å². The number of guanidine groups is 1. The van der Waals surface area contributed by atoms with E-state index >= 15 is 0 Å². The van der Waals surface area contributed by atoms with Gasteiger partial charge in [-0.25, -0.2) is 0 Å². The van der Waals surface area contributed by atoms with Crippen LogP contribution in [0.5, 0.6) is 5.75 Å². The summed E-state index contributed by atoms with van der Waals surface area (Å²) >= 11 is 0. The summed E-state index contributed by atoms with van der Waals surface area (Å²) in [5, 5.41) is 8.95. The van der Waals surface area contributed by atoms with Crippen LogP contribution in [0.2, 0.25) is 0 Å². The van der Waals surface area contributed by atoms with E-state index in [1.807, 2.05) is 24.3 Å². The molecule has 1 saturated carbocycles. The van der Waals surface area contributed by atoms with Crippen LogP contribution in [0.15, 0.2) is 29.3 Å². The van der Waals surface area contributed by atoms with Crippen molar-refractivity contribution in [1.82, 2.24) is 16.0 Å². The van der Waals surface area contributed by atoms with Crippen molar-refractivity contribution in [2.75, 3.05) is 40.5 Å². The largest absolute Gasteiger partial charge is 0.493 e. The van der Waals surface area contributed by atoms with Crippen molar-refractivity contribution in [3.05, 3.63) is 29.8 Å². The van der Waals surface area contributed by atoms with E-state index in [4.69, 9.17) is 9.47 Å². The Balaban J connectivity index is 1.75. The Morgan fingerprint density at radius 2 is 2.04 bits per heavy atom. The Hall–Kier alpha value is -2.28. The summed E-state index contributed by atoms with van der Waals surface area (Å²) < 4.78 is 10.8. The normalized spacial score (nSPS) is 14.1. The molecule has 138 valence electrons. The third-order valence-corrected chi connectivity index (χ3v) is 3.86. The molecule has 0 heterocycles. The summed E-state index contributed by atoms with van der Waals surface area (Å²) in [6.07, 6.45) is 2.53. The number of benzene rings is 1. The molecular weight excluding hydrogens is 320 g/mol. The molecule has 0 spiro atoms. The highest BCUT2D eigenvalue weighted by molar-refractivity contribution is 5.86. The van der Waals surface area contributed by atoms with Gasteiger partial charge >= 0.3 is 0 Å². The van der Waals surface area contributed by atoms with Gasteiger partial charge in [-0.3, -0.25) is 9.79 Å². The van der Waals surface area contributed by atoms with Crippen LogP contribution in [0.1, 0.15) is 18.4 Å². The number of rotatable bonds is 10. The maximum absolute atomic E-state index is 11.7. The highest BCUT2D eigenvalue weighted by atomic mass is 16.5. The number of aliphatic imine (C=N–C) groups is 1. The van der Waals surface area contributed by atoms with Crippen LogP contribution in [-0.2, 0) is 16.1 Å². The van der Waals surface area contributed by atoms with E-state index in [-0.39, 0.29) is 12.5 Å². The maximum atomic E-state index is 11.7. The number of amides is 1. The van der Waals surface area contributed by atoms with E-state index in [1.54, 1.807) is 14.2 Å². The first-order valence-corrected chi connectivity index (χ1v) is 8.63. The van der Waals surface area contributed by atoms with Crippen molar-refractivity contribution in [2.45, 2.75) is 19.4 Å². The fourth-order valence-corrected chi connectivity index (χ4v) is 2.20. The second kappa shape index (κ2) is 10.6. The lowest BCUT2D eigenvalue weighted by molar-refractivity contribution is -0.120. The van der Waals surface area contributed by atoms with Gasteiger partial charge in [0, 0.05) is 32.8 Å². The number of methoxy groups -OCH3 is 1. The maximum Gasteiger partial charge on any atom is 0.239 e. The average molecular weight is 348 g/mol. The number of para-hydroxylation sites is 1. The van der Waals surface area contributed by atoms with Crippen molar-refractivity contribution < 1.29 is 14.3 Å². The summed E-state index contributed by atoms with van der Waals surface area (Å²) in [6, 6.07) is 7.97. The molecule has 25 heavy (non-hydrogen) atoms. The molecule has 1 aromatic carbocycles. The number of nitrogens with one attached hydrogen (secondary N) is 3. The lowest BCUT2D eigenvalue weighted by Crippen LogP contribution is -2.43. The van der Waals surface area contributed by atoms with Gasteiger partial charge in [-0.2, -0.15) is 0 Å². The van der Waals surface area contributed by atoms with E-state index in [0.717, 1.165) is 17.9 Å². The van der Waals surface area contributed by atoms with Crippen molar-refractivity contribution in [3.8, 4) is 5.75 Å². The SMILES string of the molecule is CN=C(NCC(=O)NCCOC)NCc1ccccc1OCC1CC1. The zero-order chi connectivity index (χ0) is 17.9. The minimum atomic E-state index is -0.104. The molecule has 2 rings (SSSR count). The number of carbonyl (C=O) groups excluding carboxylic acids is 1. The topological polar surface area (TPSA) is 84.0 Å². The van der Waals surface area contributed by atoms with Gasteiger partial charge in [-0.05, 0) is 24.8 Å². The first-order valence-electron chi connectivity index (χ1n) is 8.63. The Bertz CT molecular complexity index is 573. The van der Waals surface area contributed by atoms with Crippen molar-refractivity contribution in [3.63, 3.8) is 0 Å². The Morgan fingerprint density at radius 3 is 2.76 bits per heavy atom. The first-order chi connectivity index (χ1) is 12.2. The van der Waals surface area contributed by atoms with Gasteiger partial charge < -0.3 is 25.4 Å². The van der Waals surface area contributed by atoms with Crippen LogP contribution in [0.3, 0.4) is 0 Å². The van der Waals surface area contributed by atoms with Crippen LogP contribution in [-0.4, -0.2) is 52.3 Å². The van der Waals surface area contributed by atoms with Crippen LogP contribution < -0.4 is 20.7 Å². The average Bonchev–Trinajstić information content (AvgIpc) is 3.45. The minimum Gasteiger partial charge on any atom is -0.493 e.